The third-order valence-corrected chi connectivity index (χ3v) is 3.86. The van der Waals surface area contributed by atoms with Crippen molar-refractivity contribution in [2.45, 2.75) is 6.92 Å². The van der Waals surface area contributed by atoms with Crippen LogP contribution in [0.25, 0.3) is 11.4 Å². The number of benzene rings is 2. The Labute approximate surface area is 168 Å². The predicted octanol–water partition coefficient (Wildman–Crippen LogP) is 3.95. The van der Waals surface area contributed by atoms with Crippen LogP contribution in [0.15, 0.2) is 73.3 Å². The van der Waals surface area contributed by atoms with E-state index < -0.39 is 0 Å². The minimum Gasteiger partial charge on any atom is -0.366 e. The van der Waals surface area contributed by atoms with Crippen molar-refractivity contribution in [2.75, 3.05) is 22.5 Å². The highest BCUT2D eigenvalue weighted by Crippen LogP contribution is 2.20. The van der Waals surface area contributed by atoms with Crippen molar-refractivity contribution in [1.29, 1.82) is 0 Å². The zero-order valence-electron chi connectivity index (χ0n) is 16.0. The van der Waals surface area contributed by atoms with Crippen LogP contribution >= 0.6 is 0 Å². The third-order valence-electron chi connectivity index (χ3n) is 3.86. The van der Waals surface area contributed by atoms with Gasteiger partial charge in [0.1, 0.15) is 11.5 Å². The molecule has 2 amide bonds. The predicted molar refractivity (Wildman–Crippen MR) is 115 cm³/mol. The van der Waals surface area contributed by atoms with Gasteiger partial charge in [-0.15, -0.1) is 6.58 Å². The van der Waals surface area contributed by atoms with E-state index in [0.717, 1.165) is 5.56 Å². The standard InChI is InChI=1S/C22H21N5O2/c1-3-12-23-20-14-19(26-21(27-20)16-8-5-4-6-9-16)22(29)25-18-11-7-10-17(13-18)24-15(2)28/h3-11,13-14H,1,12H2,2H3,(H,24,28)(H,25,29)(H,23,26,27). The molecule has 0 aliphatic heterocycles. The van der Waals surface area contributed by atoms with Gasteiger partial charge in [-0.1, -0.05) is 42.5 Å². The molecule has 0 bridgehead atoms. The van der Waals surface area contributed by atoms with Gasteiger partial charge >= 0.3 is 0 Å². The van der Waals surface area contributed by atoms with Gasteiger partial charge in [-0.25, -0.2) is 9.97 Å². The Bertz CT molecular complexity index is 1030. The molecule has 3 aromatic rings. The number of carbonyl (C=O) groups is 2. The zero-order valence-corrected chi connectivity index (χ0v) is 16.0. The Morgan fingerprint density at radius 1 is 0.966 bits per heavy atom. The van der Waals surface area contributed by atoms with Crippen molar-refractivity contribution in [3.63, 3.8) is 0 Å². The number of amides is 2. The van der Waals surface area contributed by atoms with Crippen molar-refractivity contribution < 1.29 is 9.59 Å². The average molecular weight is 387 g/mol. The van der Waals surface area contributed by atoms with Gasteiger partial charge < -0.3 is 16.0 Å². The van der Waals surface area contributed by atoms with E-state index >= 15 is 0 Å². The first-order valence-corrected chi connectivity index (χ1v) is 9.03. The molecule has 0 spiro atoms. The van der Waals surface area contributed by atoms with Crippen molar-refractivity contribution in [3.8, 4) is 11.4 Å². The zero-order chi connectivity index (χ0) is 20.6. The summed E-state index contributed by atoms with van der Waals surface area (Å²) in [6.45, 7) is 5.61. The highest BCUT2D eigenvalue weighted by molar-refractivity contribution is 6.04. The van der Waals surface area contributed by atoms with E-state index in [1.54, 1.807) is 36.4 Å². The number of anilines is 3. The summed E-state index contributed by atoms with van der Waals surface area (Å²) >= 11 is 0. The van der Waals surface area contributed by atoms with Gasteiger partial charge in [-0.05, 0) is 18.2 Å². The number of carbonyl (C=O) groups excluding carboxylic acids is 2. The van der Waals surface area contributed by atoms with Crippen LogP contribution < -0.4 is 16.0 Å². The minimum absolute atomic E-state index is 0.185. The molecule has 7 heteroatoms. The highest BCUT2D eigenvalue weighted by atomic mass is 16.2. The SMILES string of the molecule is C=CCNc1cc(C(=O)Nc2cccc(NC(C)=O)c2)nc(-c2ccccc2)n1. The minimum atomic E-state index is -0.383. The van der Waals surface area contributed by atoms with Gasteiger partial charge in [0.2, 0.25) is 5.91 Å². The number of hydrogen-bond acceptors (Lipinski definition) is 5. The first kappa shape index (κ1) is 19.8. The van der Waals surface area contributed by atoms with E-state index in [0.29, 0.717) is 29.6 Å². The highest BCUT2D eigenvalue weighted by Gasteiger charge is 2.13. The van der Waals surface area contributed by atoms with Crippen LogP contribution in [0, 0.1) is 0 Å². The Kier molecular flexibility index (Phi) is 6.32. The van der Waals surface area contributed by atoms with E-state index in [9.17, 15) is 9.59 Å². The molecule has 146 valence electrons. The van der Waals surface area contributed by atoms with Crippen LogP contribution in [0.2, 0.25) is 0 Å². The number of aromatic nitrogens is 2. The van der Waals surface area contributed by atoms with Crippen LogP contribution in [-0.2, 0) is 4.79 Å². The maximum atomic E-state index is 12.8. The van der Waals surface area contributed by atoms with Crippen molar-refractivity contribution in [2.24, 2.45) is 0 Å². The Hall–Kier alpha value is -4.00. The van der Waals surface area contributed by atoms with Crippen LogP contribution in [0.3, 0.4) is 0 Å². The summed E-state index contributed by atoms with van der Waals surface area (Å²) in [4.78, 5) is 33.0. The van der Waals surface area contributed by atoms with E-state index in [2.05, 4.69) is 32.5 Å². The molecule has 0 unspecified atom stereocenters. The molecule has 7 nitrogen and oxygen atoms in total. The summed E-state index contributed by atoms with van der Waals surface area (Å²) in [6, 6.07) is 17.9. The molecule has 0 atom stereocenters. The van der Waals surface area contributed by atoms with Crippen molar-refractivity contribution in [3.05, 3.63) is 79.0 Å². The maximum Gasteiger partial charge on any atom is 0.274 e. The third kappa shape index (κ3) is 5.49. The Morgan fingerprint density at radius 3 is 2.38 bits per heavy atom. The molecule has 3 N–H and O–H groups in total. The lowest BCUT2D eigenvalue weighted by Gasteiger charge is -2.11. The van der Waals surface area contributed by atoms with Gasteiger partial charge in [0.05, 0.1) is 0 Å². The van der Waals surface area contributed by atoms with E-state index in [4.69, 9.17) is 0 Å². The van der Waals surface area contributed by atoms with Crippen LogP contribution in [0.1, 0.15) is 17.4 Å². The molecule has 0 fully saturated rings. The molecular weight excluding hydrogens is 366 g/mol. The summed E-state index contributed by atoms with van der Waals surface area (Å²) < 4.78 is 0. The van der Waals surface area contributed by atoms with E-state index in [1.165, 1.54) is 6.92 Å². The molecule has 0 saturated heterocycles. The largest absolute Gasteiger partial charge is 0.366 e. The lowest BCUT2D eigenvalue weighted by Crippen LogP contribution is -2.16. The van der Waals surface area contributed by atoms with Crippen LogP contribution in [0.4, 0.5) is 17.2 Å². The molecule has 3 rings (SSSR count). The molecule has 1 aromatic heterocycles. The number of rotatable bonds is 7. The fourth-order valence-electron chi connectivity index (χ4n) is 2.62. The lowest BCUT2D eigenvalue weighted by molar-refractivity contribution is -0.114. The van der Waals surface area contributed by atoms with Crippen molar-refractivity contribution >= 4 is 29.0 Å². The Morgan fingerprint density at radius 2 is 1.69 bits per heavy atom. The summed E-state index contributed by atoms with van der Waals surface area (Å²) in [7, 11) is 0. The lowest BCUT2D eigenvalue weighted by atomic mass is 10.2. The number of nitrogens with zero attached hydrogens (tertiary/aromatic N) is 2. The van der Waals surface area contributed by atoms with Gasteiger partial charge in [-0.3, -0.25) is 9.59 Å². The average Bonchev–Trinajstić information content (AvgIpc) is 2.72. The summed E-state index contributed by atoms with van der Waals surface area (Å²) in [6.07, 6.45) is 1.71. The smallest absolute Gasteiger partial charge is 0.274 e. The number of hydrogen-bond donors (Lipinski definition) is 3. The first-order chi connectivity index (χ1) is 14.0. The molecule has 0 aliphatic rings. The molecule has 29 heavy (non-hydrogen) atoms. The molecule has 1 heterocycles. The summed E-state index contributed by atoms with van der Waals surface area (Å²) in [5, 5.41) is 8.59. The fourth-order valence-corrected chi connectivity index (χ4v) is 2.62. The van der Waals surface area contributed by atoms with Crippen LogP contribution in [-0.4, -0.2) is 28.3 Å². The maximum absolute atomic E-state index is 12.8. The quantitative estimate of drug-likeness (QED) is 0.534. The monoisotopic (exact) mass is 387 g/mol. The molecular formula is C22H21N5O2. The molecule has 0 radical (unpaired) electrons. The normalized spacial score (nSPS) is 10.1. The van der Waals surface area contributed by atoms with Gasteiger partial charge in [0, 0.05) is 36.5 Å². The van der Waals surface area contributed by atoms with Gasteiger partial charge in [0.15, 0.2) is 5.82 Å². The topological polar surface area (TPSA) is 96.0 Å². The first-order valence-electron chi connectivity index (χ1n) is 9.03. The molecule has 0 aliphatic carbocycles. The summed E-state index contributed by atoms with van der Waals surface area (Å²) in [5.41, 5.74) is 2.16. The van der Waals surface area contributed by atoms with Crippen molar-refractivity contribution in [1.82, 2.24) is 9.97 Å². The summed E-state index contributed by atoms with van der Waals surface area (Å²) in [5.74, 6) is 0.397. The Balaban J connectivity index is 1.89. The van der Waals surface area contributed by atoms with Gasteiger partial charge in [0.25, 0.3) is 5.91 Å². The van der Waals surface area contributed by atoms with E-state index in [1.807, 2.05) is 30.3 Å². The molecule has 0 saturated carbocycles. The number of nitrogens with one attached hydrogen (secondary N) is 3. The second-order valence-corrected chi connectivity index (χ2v) is 6.21. The second kappa shape index (κ2) is 9.27. The second-order valence-electron chi connectivity index (χ2n) is 6.21. The van der Waals surface area contributed by atoms with Gasteiger partial charge in [-0.2, -0.15) is 0 Å². The molecule has 2 aromatic carbocycles. The van der Waals surface area contributed by atoms with Crippen LogP contribution in [0.5, 0.6) is 0 Å². The fraction of sp³-hybridized carbons (Fsp3) is 0.0909. The van der Waals surface area contributed by atoms with E-state index in [-0.39, 0.29) is 17.5 Å².